The van der Waals surface area contributed by atoms with Crippen molar-refractivity contribution in [2.75, 3.05) is 18.5 Å². The second-order valence-electron chi connectivity index (χ2n) is 7.89. The number of aliphatic carboxylic acids is 1. The lowest BCUT2D eigenvalue weighted by molar-refractivity contribution is -0.139. The summed E-state index contributed by atoms with van der Waals surface area (Å²) in [6.45, 7) is 3.98. The van der Waals surface area contributed by atoms with Crippen LogP contribution in [0.2, 0.25) is 0 Å². The highest BCUT2D eigenvalue weighted by molar-refractivity contribution is 8.02. The van der Waals surface area contributed by atoms with Gasteiger partial charge in [-0.15, -0.1) is 11.3 Å². The number of carboxylic acid groups (broad SMARTS) is 1. The molecule has 11 heteroatoms. The second-order valence-corrected chi connectivity index (χ2v) is 10.6. The number of thioether (sulfide) groups is 1. The minimum atomic E-state index is -4.37. The summed E-state index contributed by atoms with van der Waals surface area (Å²) in [6, 6.07) is 4.90. The number of aryl methyl sites for hydroxylation is 1. The maximum absolute atomic E-state index is 12.7. The molecule has 0 aliphatic heterocycles. The van der Waals surface area contributed by atoms with Gasteiger partial charge in [-0.3, -0.25) is 4.79 Å². The predicted molar refractivity (Wildman–Crippen MR) is 124 cm³/mol. The lowest BCUT2D eigenvalue weighted by atomic mass is 10.1. The maximum Gasteiger partial charge on any atom is 0.416 e. The van der Waals surface area contributed by atoms with Gasteiger partial charge >= 0.3 is 12.1 Å². The van der Waals surface area contributed by atoms with Gasteiger partial charge in [-0.1, -0.05) is 23.9 Å². The Labute approximate surface area is 197 Å². The van der Waals surface area contributed by atoms with E-state index in [1.54, 1.807) is 26.2 Å². The minimum absolute atomic E-state index is 0.517. The molecule has 0 fully saturated rings. The molecule has 1 N–H and O–H groups in total. The van der Waals surface area contributed by atoms with Crippen molar-refractivity contribution in [2.45, 2.75) is 42.0 Å². The number of aromatic nitrogens is 3. The number of rotatable bonds is 9. The van der Waals surface area contributed by atoms with Crippen LogP contribution in [0.5, 0.6) is 0 Å². The zero-order valence-corrected chi connectivity index (χ0v) is 19.9. The molecule has 33 heavy (non-hydrogen) atoms. The Kier molecular flexibility index (Phi) is 7.63. The molecule has 1 aromatic carbocycles. The summed E-state index contributed by atoms with van der Waals surface area (Å²) in [5.41, 5.74) is 1.47. The molecule has 0 saturated heterocycles. The normalized spacial score (nSPS) is 12.1. The van der Waals surface area contributed by atoms with E-state index >= 15 is 0 Å². The molecule has 0 radical (unpaired) electrons. The van der Waals surface area contributed by atoms with Crippen molar-refractivity contribution >= 4 is 35.0 Å². The summed E-state index contributed by atoms with van der Waals surface area (Å²) in [4.78, 5) is 26.3. The van der Waals surface area contributed by atoms with Gasteiger partial charge in [0.15, 0.2) is 4.34 Å². The maximum atomic E-state index is 12.7. The van der Waals surface area contributed by atoms with Gasteiger partial charge in [0.1, 0.15) is 4.75 Å². The Balaban J connectivity index is 1.52. The summed E-state index contributed by atoms with van der Waals surface area (Å²) in [7, 11) is 1.87. The fourth-order valence-electron chi connectivity index (χ4n) is 2.83. The van der Waals surface area contributed by atoms with Crippen LogP contribution in [0.1, 0.15) is 31.5 Å². The summed E-state index contributed by atoms with van der Waals surface area (Å²) in [5, 5.41) is 11.2. The standard InChI is InChI=1S/C22H23F3N4O2S2/c1-21(2,18(30)31)33-20-28-17(13-32-20)5-4-10-29(3)19-26-11-15(12-27-19)14-6-8-16(9-7-14)22(23,24)25/h6-9,11-13H,4-5,10H2,1-3H3,(H,30,31). The van der Waals surface area contributed by atoms with Crippen LogP contribution in [0.3, 0.4) is 0 Å². The molecule has 0 aliphatic rings. The van der Waals surface area contributed by atoms with Crippen LogP contribution in [-0.2, 0) is 17.4 Å². The van der Waals surface area contributed by atoms with E-state index in [4.69, 9.17) is 0 Å². The summed E-state index contributed by atoms with van der Waals surface area (Å²) < 4.78 is 37.9. The van der Waals surface area contributed by atoms with E-state index in [1.807, 2.05) is 17.3 Å². The molecule has 176 valence electrons. The number of halogens is 3. The molecule has 3 rings (SSSR count). The highest BCUT2D eigenvalue weighted by Gasteiger charge is 2.30. The lowest BCUT2D eigenvalue weighted by Gasteiger charge is -2.17. The third kappa shape index (κ3) is 6.67. The van der Waals surface area contributed by atoms with Gasteiger partial charge in [-0.25, -0.2) is 15.0 Å². The Morgan fingerprint density at radius 2 is 1.76 bits per heavy atom. The van der Waals surface area contributed by atoms with Gasteiger partial charge in [-0.2, -0.15) is 13.2 Å². The number of carboxylic acids is 1. The van der Waals surface area contributed by atoms with Crippen molar-refractivity contribution in [1.82, 2.24) is 15.0 Å². The van der Waals surface area contributed by atoms with Crippen molar-refractivity contribution in [3.05, 3.63) is 53.3 Å². The van der Waals surface area contributed by atoms with Gasteiger partial charge < -0.3 is 10.0 Å². The fourth-order valence-corrected chi connectivity index (χ4v) is 5.05. The number of hydrogen-bond acceptors (Lipinski definition) is 7. The average molecular weight is 497 g/mol. The first-order valence-electron chi connectivity index (χ1n) is 10.0. The van der Waals surface area contributed by atoms with Crippen molar-refractivity contribution in [2.24, 2.45) is 0 Å². The zero-order chi connectivity index (χ0) is 24.2. The van der Waals surface area contributed by atoms with Crippen molar-refractivity contribution in [3.8, 4) is 11.1 Å². The van der Waals surface area contributed by atoms with Gasteiger partial charge in [0.05, 0.1) is 11.3 Å². The van der Waals surface area contributed by atoms with E-state index in [1.165, 1.54) is 35.2 Å². The van der Waals surface area contributed by atoms with E-state index in [9.17, 15) is 23.1 Å². The van der Waals surface area contributed by atoms with Crippen molar-refractivity contribution in [1.29, 1.82) is 0 Å². The highest BCUT2D eigenvalue weighted by Crippen LogP contribution is 2.35. The molecule has 0 amide bonds. The Morgan fingerprint density at radius 1 is 1.12 bits per heavy atom. The van der Waals surface area contributed by atoms with Gasteiger partial charge in [-0.05, 0) is 44.4 Å². The number of carbonyl (C=O) groups is 1. The monoisotopic (exact) mass is 496 g/mol. The van der Waals surface area contributed by atoms with E-state index in [0.29, 0.717) is 23.6 Å². The first-order valence-corrected chi connectivity index (χ1v) is 11.7. The van der Waals surface area contributed by atoms with Crippen LogP contribution < -0.4 is 4.90 Å². The van der Waals surface area contributed by atoms with Crippen LogP contribution in [0.15, 0.2) is 46.4 Å². The Hall–Kier alpha value is -2.66. The third-order valence-electron chi connectivity index (χ3n) is 4.84. The molecule has 0 atom stereocenters. The van der Waals surface area contributed by atoms with Crippen LogP contribution in [0, 0.1) is 0 Å². The van der Waals surface area contributed by atoms with E-state index in [-0.39, 0.29) is 0 Å². The Morgan fingerprint density at radius 3 is 2.33 bits per heavy atom. The van der Waals surface area contributed by atoms with E-state index in [2.05, 4.69) is 15.0 Å². The van der Waals surface area contributed by atoms with E-state index < -0.39 is 22.5 Å². The van der Waals surface area contributed by atoms with Crippen molar-refractivity contribution < 1.29 is 23.1 Å². The van der Waals surface area contributed by atoms with Crippen LogP contribution >= 0.6 is 23.1 Å². The molecule has 3 aromatic rings. The average Bonchev–Trinajstić information content (AvgIpc) is 3.19. The molecule has 0 spiro atoms. The highest BCUT2D eigenvalue weighted by atomic mass is 32.2. The second kappa shape index (κ2) is 10.1. The third-order valence-corrected chi connectivity index (χ3v) is 7.01. The number of anilines is 1. The van der Waals surface area contributed by atoms with Crippen molar-refractivity contribution in [3.63, 3.8) is 0 Å². The molecule has 0 aliphatic carbocycles. The van der Waals surface area contributed by atoms with E-state index in [0.717, 1.165) is 35.0 Å². The SMILES string of the molecule is CN(CCCc1csc(SC(C)(C)C(=O)O)n1)c1ncc(-c2ccc(C(F)(F)F)cc2)cn1. The molecule has 0 unspecified atom stereocenters. The zero-order valence-electron chi connectivity index (χ0n) is 18.3. The minimum Gasteiger partial charge on any atom is -0.480 e. The lowest BCUT2D eigenvalue weighted by Crippen LogP contribution is -2.26. The van der Waals surface area contributed by atoms with Gasteiger partial charge in [0.2, 0.25) is 5.95 Å². The fraction of sp³-hybridized carbons (Fsp3) is 0.364. The van der Waals surface area contributed by atoms with Gasteiger partial charge in [0, 0.05) is 36.9 Å². The molecule has 2 aromatic heterocycles. The first kappa shape index (κ1) is 25.0. The summed E-state index contributed by atoms with van der Waals surface area (Å²) in [6.07, 6.45) is 0.357. The van der Waals surface area contributed by atoms with Crippen LogP contribution in [-0.4, -0.2) is 44.4 Å². The number of nitrogens with zero attached hydrogens (tertiary/aromatic N) is 4. The predicted octanol–water partition coefficient (Wildman–Crippen LogP) is 5.64. The molecule has 6 nitrogen and oxygen atoms in total. The van der Waals surface area contributed by atoms with Crippen LogP contribution in [0.25, 0.3) is 11.1 Å². The molecule has 0 bridgehead atoms. The van der Waals surface area contributed by atoms with Crippen LogP contribution in [0.4, 0.5) is 19.1 Å². The van der Waals surface area contributed by atoms with Gasteiger partial charge in [0.25, 0.3) is 0 Å². The number of alkyl halides is 3. The topological polar surface area (TPSA) is 79.2 Å². The molecule has 0 saturated carbocycles. The smallest absolute Gasteiger partial charge is 0.416 e. The molecule has 2 heterocycles. The first-order chi connectivity index (χ1) is 15.5. The number of thiazole rings is 1. The summed E-state index contributed by atoms with van der Waals surface area (Å²) >= 11 is 2.67. The number of hydrogen-bond donors (Lipinski definition) is 1. The Bertz CT molecular complexity index is 1080. The summed E-state index contributed by atoms with van der Waals surface area (Å²) in [5.74, 6) is -0.362. The molecular weight excluding hydrogens is 473 g/mol. The quantitative estimate of drug-likeness (QED) is 0.384. The number of benzene rings is 1. The largest absolute Gasteiger partial charge is 0.480 e. The molecular formula is C22H23F3N4O2S2.